The van der Waals surface area contributed by atoms with Gasteiger partial charge in [0.05, 0.1) is 24.2 Å². The Morgan fingerprint density at radius 3 is 3.00 bits per heavy atom. The number of hydrogen-bond donors (Lipinski definition) is 0. The molecule has 0 aliphatic carbocycles. The number of nitrogens with zero attached hydrogens (tertiary/aromatic N) is 3. The average molecular weight is 348 g/mol. The molecule has 128 valence electrons. The molecule has 1 fully saturated rings. The van der Waals surface area contributed by atoms with Crippen molar-refractivity contribution in [3.05, 3.63) is 46.7 Å². The maximum atomic E-state index is 12.7. The summed E-state index contributed by atoms with van der Waals surface area (Å²) < 4.78 is 7.42. The Kier molecular flexibility index (Phi) is 5.09. The van der Waals surface area contributed by atoms with Gasteiger partial charge in [-0.3, -0.25) is 9.48 Å². The molecule has 1 aromatic heterocycles. The highest BCUT2D eigenvalue weighted by Gasteiger charge is 2.28. The van der Waals surface area contributed by atoms with E-state index in [1.165, 1.54) is 5.56 Å². The van der Waals surface area contributed by atoms with E-state index < -0.39 is 0 Å². The van der Waals surface area contributed by atoms with Crippen molar-refractivity contribution in [3.63, 3.8) is 0 Å². The Morgan fingerprint density at radius 2 is 2.29 bits per heavy atom. The molecule has 0 radical (unpaired) electrons. The second-order valence-electron chi connectivity index (χ2n) is 6.11. The predicted octanol–water partition coefficient (Wildman–Crippen LogP) is 3.03. The summed E-state index contributed by atoms with van der Waals surface area (Å²) in [6.07, 6.45) is 5.21. The maximum Gasteiger partial charge on any atom is 0.227 e. The highest BCUT2D eigenvalue weighted by molar-refractivity contribution is 6.32. The van der Waals surface area contributed by atoms with Gasteiger partial charge in [0.25, 0.3) is 0 Å². The molecule has 1 saturated heterocycles. The van der Waals surface area contributed by atoms with Gasteiger partial charge in [-0.05, 0) is 25.0 Å². The van der Waals surface area contributed by atoms with Crippen LogP contribution in [0.4, 0.5) is 0 Å². The van der Waals surface area contributed by atoms with Gasteiger partial charge in [0.1, 0.15) is 5.75 Å². The van der Waals surface area contributed by atoms with Gasteiger partial charge in [-0.2, -0.15) is 5.10 Å². The Hall–Kier alpha value is -2.01. The van der Waals surface area contributed by atoms with Crippen molar-refractivity contribution < 1.29 is 9.53 Å². The average Bonchev–Trinajstić information content (AvgIpc) is 3.19. The van der Waals surface area contributed by atoms with Crippen LogP contribution in [0.2, 0.25) is 5.02 Å². The molecule has 0 N–H and O–H groups in total. The van der Waals surface area contributed by atoms with Crippen LogP contribution in [0.15, 0.2) is 30.6 Å². The fraction of sp³-hybridized carbons (Fsp3) is 0.444. The van der Waals surface area contributed by atoms with E-state index in [9.17, 15) is 4.79 Å². The third-order valence-electron chi connectivity index (χ3n) is 4.42. The molecule has 1 aromatic carbocycles. The number of carbonyl (C=O) groups is 1. The minimum absolute atomic E-state index is 0.115. The molecule has 24 heavy (non-hydrogen) atoms. The van der Waals surface area contributed by atoms with Crippen molar-refractivity contribution in [2.24, 2.45) is 7.05 Å². The number of hydrogen-bond acceptors (Lipinski definition) is 3. The van der Waals surface area contributed by atoms with Gasteiger partial charge < -0.3 is 9.64 Å². The van der Waals surface area contributed by atoms with Crippen LogP contribution in [0.5, 0.6) is 5.75 Å². The van der Waals surface area contributed by atoms with E-state index in [0.717, 1.165) is 25.1 Å². The lowest BCUT2D eigenvalue weighted by Gasteiger charge is -2.18. The molecule has 6 heteroatoms. The van der Waals surface area contributed by atoms with Gasteiger partial charge in [0.2, 0.25) is 5.91 Å². The zero-order chi connectivity index (χ0) is 17.1. The standard InChI is InChI=1S/C18H22ClN3O2/c1-3-24-18-13(5-4-6-16(18)19)9-17(23)22-8-7-14(12-22)15-10-20-21(2)11-15/h4-6,10-11,14H,3,7-9,12H2,1-2H3/t14-/m0/s1. The predicted molar refractivity (Wildman–Crippen MR) is 93.5 cm³/mol. The second-order valence-corrected chi connectivity index (χ2v) is 6.52. The van der Waals surface area contributed by atoms with E-state index in [1.54, 1.807) is 10.7 Å². The number of ether oxygens (including phenoxy) is 1. The zero-order valence-corrected chi connectivity index (χ0v) is 14.8. The van der Waals surface area contributed by atoms with E-state index in [0.29, 0.717) is 29.7 Å². The fourth-order valence-corrected chi connectivity index (χ4v) is 3.43. The largest absolute Gasteiger partial charge is 0.492 e. The Labute approximate surface area is 147 Å². The summed E-state index contributed by atoms with van der Waals surface area (Å²) in [4.78, 5) is 14.6. The van der Waals surface area contributed by atoms with Gasteiger partial charge in [-0.1, -0.05) is 23.7 Å². The Balaban J connectivity index is 1.67. The molecule has 2 heterocycles. The van der Waals surface area contributed by atoms with Crippen LogP contribution in [0.1, 0.15) is 30.4 Å². The molecule has 1 aliphatic heterocycles. The van der Waals surface area contributed by atoms with E-state index in [2.05, 4.69) is 5.10 Å². The SMILES string of the molecule is CCOc1c(Cl)cccc1CC(=O)N1CC[C@H](c2cnn(C)c2)C1. The molecular weight excluding hydrogens is 326 g/mol. The molecule has 0 unspecified atom stereocenters. The molecule has 1 atom stereocenters. The zero-order valence-electron chi connectivity index (χ0n) is 14.0. The number of benzene rings is 1. The number of rotatable bonds is 5. The van der Waals surface area contributed by atoms with E-state index in [1.807, 2.05) is 43.4 Å². The Morgan fingerprint density at radius 1 is 1.46 bits per heavy atom. The van der Waals surface area contributed by atoms with Crippen LogP contribution < -0.4 is 4.74 Å². The van der Waals surface area contributed by atoms with Gasteiger partial charge >= 0.3 is 0 Å². The third kappa shape index (κ3) is 3.56. The molecule has 1 amide bonds. The molecule has 5 nitrogen and oxygen atoms in total. The first-order chi connectivity index (χ1) is 11.6. The lowest BCUT2D eigenvalue weighted by Crippen LogP contribution is -2.30. The van der Waals surface area contributed by atoms with Crippen molar-refractivity contribution >= 4 is 17.5 Å². The topological polar surface area (TPSA) is 47.4 Å². The van der Waals surface area contributed by atoms with Crippen LogP contribution in [0.3, 0.4) is 0 Å². The highest BCUT2D eigenvalue weighted by Crippen LogP contribution is 2.31. The van der Waals surface area contributed by atoms with Crippen molar-refractivity contribution in [3.8, 4) is 5.75 Å². The summed E-state index contributed by atoms with van der Waals surface area (Å²) >= 11 is 6.20. The fourth-order valence-electron chi connectivity index (χ4n) is 3.18. The van der Waals surface area contributed by atoms with E-state index in [4.69, 9.17) is 16.3 Å². The van der Waals surface area contributed by atoms with Gasteiger partial charge in [-0.15, -0.1) is 0 Å². The Bertz CT molecular complexity index is 729. The summed E-state index contributed by atoms with van der Waals surface area (Å²) in [6, 6.07) is 5.55. The van der Waals surface area contributed by atoms with Gasteiger partial charge in [-0.25, -0.2) is 0 Å². The third-order valence-corrected chi connectivity index (χ3v) is 4.71. The number of likely N-dealkylation sites (tertiary alicyclic amines) is 1. The second kappa shape index (κ2) is 7.26. The molecule has 0 spiro atoms. The number of carbonyl (C=O) groups excluding carboxylic acids is 1. The van der Waals surface area contributed by atoms with Crippen LogP contribution >= 0.6 is 11.6 Å². The summed E-state index contributed by atoms with van der Waals surface area (Å²) in [5, 5.41) is 4.78. The van der Waals surface area contributed by atoms with Crippen molar-refractivity contribution in [2.75, 3.05) is 19.7 Å². The first-order valence-electron chi connectivity index (χ1n) is 8.25. The summed E-state index contributed by atoms with van der Waals surface area (Å²) in [5.74, 6) is 1.11. The number of aromatic nitrogens is 2. The number of para-hydroxylation sites is 1. The van der Waals surface area contributed by atoms with Crippen LogP contribution in [-0.2, 0) is 18.3 Å². The molecular formula is C18H22ClN3O2. The molecule has 0 saturated carbocycles. The normalized spacial score (nSPS) is 17.3. The van der Waals surface area contributed by atoms with Gasteiger partial charge in [0, 0.05) is 37.8 Å². The highest BCUT2D eigenvalue weighted by atomic mass is 35.5. The molecule has 2 aromatic rings. The molecule has 0 bridgehead atoms. The minimum Gasteiger partial charge on any atom is -0.492 e. The summed E-state index contributed by atoms with van der Waals surface area (Å²) in [6.45, 7) is 3.96. The van der Waals surface area contributed by atoms with Crippen LogP contribution in [0.25, 0.3) is 0 Å². The molecule has 1 aliphatic rings. The van der Waals surface area contributed by atoms with Crippen LogP contribution in [-0.4, -0.2) is 40.3 Å². The smallest absolute Gasteiger partial charge is 0.227 e. The number of halogens is 1. The lowest BCUT2D eigenvalue weighted by molar-refractivity contribution is -0.129. The first-order valence-corrected chi connectivity index (χ1v) is 8.62. The quantitative estimate of drug-likeness (QED) is 0.835. The minimum atomic E-state index is 0.115. The summed E-state index contributed by atoms with van der Waals surface area (Å²) in [7, 11) is 1.91. The van der Waals surface area contributed by atoms with Gasteiger partial charge in [0.15, 0.2) is 0 Å². The van der Waals surface area contributed by atoms with Crippen molar-refractivity contribution in [2.45, 2.75) is 25.7 Å². The van der Waals surface area contributed by atoms with Crippen molar-refractivity contribution in [1.29, 1.82) is 0 Å². The number of aryl methyl sites for hydroxylation is 1. The lowest BCUT2D eigenvalue weighted by atomic mass is 10.0. The van der Waals surface area contributed by atoms with Crippen molar-refractivity contribution in [1.82, 2.24) is 14.7 Å². The first kappa shape index (κ1) is 16.8. The van der Waals surface area contributed by atoms with E-state index in [-0.39, 0.29) is 5.91 Å². The van der Waals surface area contributed by atoms with E-state index >= 15 is 0 Å². The maximum absolute atomic E-state index is 12.7. The monoisotopic (exact) mass is 347 g/mol. The van der Waals surface area contributed by atoms with Crippen LogP contribution in [0, 0.1) is 0 Å². The number of amides is 1. The summed E-state index contributed by atoms with van der Waals surface area (Å²) in [5.41, 5.74) is 2.05. The molecule has 3 rings (SSSR count).